The van der Waals surface area contributed by atoms with Crippen molar-refractivity contribution in [3.8, 4) is 0 Å². The number of amides is 1. The maximum atomic E-state index is 11.2. The molecular formula is C7H10N2O3S. The third kappa shape index (κ3) is 2.59. The number of aromatic amines is 1. The lowest BCUT2D eigenvalue weighted by atomic mass is 10.2. The number of aryl methyl sites for hydroxylation is 1. The number of hydrogen-bond donors (Lipinski definition) is 2. The molecule has 13 heavy (non-hydrogen) atoms. The minimum Gasteiger partial charge on any atom is -0.367 e. The van der Waals surface area contributed by atoms with E-state index in [0.717, 1.165) is 6.26 Å². The van der Waals surface area contributed by atoms with Crippen molar-refractivity contribution in [1.29, 1.82) is 0 Å². The zero-order chi connectivity index (χ0) is 10.1. The Kier molecular flexibility index (Phi) is 2.42. The summed E-state index contributed by atoms with van der Waals surface area (Å²) in [5.41, 5.74) is 1.05. The van der Waals surface area contributed by atoms with Crippen molar-refractivity contribution in [3.63, 3.8) is 0 Å². The quantitative estimate of drug-likeness (QED) is 0.709. The maximum absolute atomic E-state index is 11.2. The Hall–Kier alpha value is -1.30. The normalized spacial score (nSPS) is 11.2. The summed E-state index contributed by atoms with van der Waals surface area (Å²) >= 11 is 0. The maximum Gasteiger partial charge on any atom is 0.266 e. The molecule has 0 bridgehead atoms. The fraction of sp³-hybridized carbons (Fsp3) is 0.286. The summed E-state index contributed by atoms with van der Waals surface area (Å²) in [5, 5.41) is 0. The summed E-state index contributed by atoms with van der Waals surface area (Å²) in [6.07, 6.45) is 4.01. The number of carbonyl (C=O) groups is 1. The van der Waals surface area contributed by atoms with Crippen molar-refractivity contribution in [2.24, 2.45) is 0 Å². The Labute approximate surface area is 76.2 Å². The van der Waals surface area contributed by atoms with Crippen molar-refractivity contribution in [2.45, 2.75) is 6.92 Å². The number of aromatic nitrogens is 1. The Morgan fingerprint density at radius 1 is 1.46 bits per heavy atom. The van der Waals surface area contributed by atoms with Gasteiger partial charge < -0.3 is 4.98 Å². The molecule has 5 nitrogen and oxygen atoms in total. The Morgan fingerprint density at radius 2 is 2.08 bits per heavy atom. The lowest BCUT2D eigenvalue weighted by Crippen LogP contribution is -2.29. The van der Waals surface area contributed by atoms with Gasteiger partial charge in [-0.2, -0.15) is 0 Å². The van der Waals surface area contributed by atoms with Gasteiger partial charge in [0.25, 0.3) is 5.91 Å². The Bertz CT molecular complexity index is 419. The van der Waals surface area contributed by atoms with Gasteiger partial charge in [0.05, 0.1) is 11.8 Å². The molecule has 0 aliphatic carbocycles. The first kappa shape index (κ1) is 9.79. The molecule has 1 amide bonds. The molecule has 0 atom stereocenters. The van der Waals surface area contributed by atoms with E-state index >= 15 is 0 Å². The molecule has 1 rings (SSSR count). The molecule has 6 heteroatoms. The molecule has 0 fully saturated rings. The highest BCUT2D eigenvalue weighted by Gasteiger charge is 2.13. The van der Waals surface area contributed by atoms with Crippen LogP contribution in [0.5, 0.6) is 0 Å². The van der Waals surface area contributed by atoms with E-state index in [-0.39, 0.29) is 0 Å². The van der Waals surface area contributed by atoms with Gasteiger partial charge in [0.1, 0.15) is 0 Å². The highest BCUT2D eigenvalue weighted by Crippen LogP contribution is 2.05. The van der Waals surface area contributed by atoms with Gasteiger partial charge in [-0.05, 0) is 12.5 Å². The van der Waals surface area contributed by atoms with Crippen molar-refractivity contribution < 1.29 is 13.2 Å². The fourth-order valence-electron chi connectivity index (χ4n) is 0.910. The van der Waals surface area contributed by atoms with Crippen molar-refractivity contribution in [1.82, 2.24) is 9.71 Å². The first-order chi connectivity index (χ1) is 5.90. The van der Waals surface area contributed by atoms with Crippen LogP contribution in [-0.2, 0) is 10.0 Å². The van der Waals surface area contributed by atoms with Gasteiger partial charge in [-0.3, -0.25) is 4.79 Å². The summed E-state index contributed by atoms with van der Waals surface area (Å²) in [5.74, 6) is -0.610. The molecule has 1 heterocycles. The van der Waals surface area contributed by atoms with Crippen LogP contribution in [0.3, 0.4) is 0 Å². The zero-order valence-electron chi connectivity index (χ0n) is 7.29. The van der Waals surface area contributed by atoms with Crippen LogP contribution in [0.15, 0.2) is 12.4 Å². The van der Waals surface area contributed by atoms with E-state index in [2.05, 4.69) is 4.98 Å². The number of H-pyrrole nitrogens is 1. The molecule has 0 spiro atoms. The number of sulfonamides is 1. The Balaban J connectivity index is 2.88. The van der Waals surface area contributed by atoms with Gasteiger partial charge in [-0.25, -0.2) is 13.1 Å². The van der Waals surface area contributed by atoms with E-state index in [1.165, 1.54) is 6.20 Å². The van der Waals surface area contributed by atoms with Crippen molar-refractivity contribution in [3.05, 3.63) is 23.5 Å². The predicted molar refractivity (Wildman–Crippen MR) is 47.8 cm³/mol. The van der Waals surface area contributed by atoms with E-state index in [4.69, 9.17) is 0 Å². The fourth-order valence-corrected chi connectivity index (χ4v) is 1.36. The Morgan fingerprint density at radius 3 is 2.46 bits per heavy atom. The SMILES string of the molecule is Cc1c[nH]cc1C(=O)NS(C)(=O)=O. The standard InChI is InChI=1S/C7H10N2O3S/c1-5-3-8-4-6(5)7(10)9-13(2,11)12/h3-4,8H,1-2H3,(H,9,10). The van der Waals surface area contributed by atoms with Crippen LogP contribution in [0.25, 0.3) is 0 Å². The number of nitrogens with one attached hydrogen (secondary N) is 2. The lowest BCUT2D eigenvalue weighted by molar-refractivity contribution is 0.0981. The van der Waals surface area contributed by atoms with Crippen LogP contribution < -0.4 is 4.72 Å². The van der Waals surface area contributed by atoms with Crippen LogP contribution in [-0.4, -0.2) is 25.6 Å². The summed E-state index contributed by atoms with van der Waals surface area (Å²) < 4.78 is 23.3. The first-order valence-corrected chi connectivity index (χ1v) is 5.45. The van der Waals surface area contributed by atoms with E-state index in [1.54, 1.807) is 13.1 Å². The van der Waals surface area contributed by atoms with Crippen molar-refractivity contribution in [2.75, 3.05) is 6.26 Å². The smallest absolute Gasteiger partial charge is 0.266 e. The van der Waals surface area contributed by atoms with E-state index in [0.29, 0.717) is 11.1 Å². The minimum absolute atomic E-state index is 0.338. The van der Waals surface area contributed by atoms with Gasteiger partial charge in [-0.15, -0.1) is 0 Å². The molecule has 0 unspecified atom stereocenters. The van der Waals surface area contributed by atoms with E-state index in [1.807, 2.05) is 4.72 Å². The van der Waals surface area contributed by atoms with Gasteiger partial charge >= 0.3 is 0 Å². The van der Waals surface area contributed by atoms with Gasteiger partial charge in [0.2, 0.25) is 10.0 Å². The summed E-state index contributed by atoms with van der Waals surface area (Å²) in [4.78, 5) is 13.9. The summed E-state index contributed by atoms with van der Waals surface area (Å²) in [6.45, 7) is 1.72. The zero-order valence-corrected chi connectivity index (χ0v) is 8.10. The van der Waals surface area contributed by atoms with Crippen molar-refractivity contribution >= 4 is 15.9 Å². The molecule has 1 aromatic rings. The molecule has 0 radical (unpaired) electrons. The molecular weight excluding hydrogens is 192 g/mol. The van der Waals surface area contributed by atoms with Gasteiger partial charge in [-0.1, -0.05) is 0 Å². The average Bonchev–Trinajstić information content (AvgIpc) is 2.30. The lowest BCUT2D eigenvalue weighted by Gasteiger charge is -2.00. The summed E-state index contributed by atoms with van der Waals surface area (Å²) in [6, 6.07) is 0. The molecule has 1 aromatic heterocycles. The monoisotopic (exact) mass is 202 g/mol. The van der Waals surface area contributed by atoms with Crippen LogP contribution in [0.4, 0.5) is 0 Å². The first-order valence-electron chi connectivity index (χ1n) is 3.55. The number of rotatable bonds is 2. The van der Waals surface area contributed by atoms with Gasteiger partial charge in [0, 0.05) is 12.4 Å². The number of hydrogen-bond acceptors (Lipinski definition) is 3. The third-order valence-corrected chi connectivity index (χ3v) is 2.03. The highest BCUT2D eigenvalue weighted by molar-refractivity contribution is 7.89. The molecule has 2 N–H and O–H groups in total. The average molecular weight is 202 g/mol. The molecule has 0 aliphatic rings. The molecule has 0 aliphatic heterocycles. The van der Waals surface area contributed by atoms with Crippen LogP contribution in [0.2, 0.25) is 0 Å². The molecule has 0 aromatic carbocycles. The second kappa shape index (κ2) is 3.21. The topological polar surface area (TPSA) is 79.0 Å². The van der Waals surface area contributed by atoms with Crippen LogP contribution in [0.1, 0.15) is 15.9 Å². The second-order valence-corrected chi connectivity index (χ2v) is 4.50. The molecule has 0 saturated carbocycles. The third-order valence-electron chi connectivity index (χ3n) is 1.48. The summed E-state index contributed by atoms with van der Waals surface area (Å²) in [7, 11) is -3.48. The van der Waals surface area contributed by atoms with Crippen LogP contribution >= 0.6 is 0 Å². The molecule has 0 saturated heterocycles. The van der Waals surface area contributed by atoms with E-state index in [9.17, 15) is 13.2 Å². The molecule has 72 valence electrons. The van der Waals surface area contributed by atoms with Crippen LogP contribution in [0, 0.1) is 6.92 Å². The highest BCUT2D eigenvalue weighted by atomic mass is 32.2. The van der Waals surface area contributed by atoms with Gasteiger partial charge in [0.15, 0.2) is 0 Å². The largest absolute Gasteiger partial charge is 0.367 e. The second-order valence-electron chi connectivity index (χ2n) is 2.76. The number of carbonyl (C=O) groups excluding carboxylic acids is 1. The minimum atomic E-state index is -3.48. The van der Waals surface area contributed by atoms with E-state index < -0.39 is 15.9 Å². The predicted octanol–water partition coefficient (Wildman–Crippen LogP) is 0.0125.